The fraction of sp³-hybridized carbons (Fsp3) is 0.462. The lowest BCUT2D eigenvalue weighted by molar-refractivity contribution is 0.187. The van der Waals surface area contributed by atoms with E-state index in [1.807, 2.05) is 6.07 Å². The number of anilines is 1. The number of hydrogen-bond donors (Lipinski definition) is 2. The van der Waals surface area contributed by atoms with Crippen LogP contribution in [-0.2, 0) is 0 Å². The minimum absolute atomic E-state index is 0.0420. The number of para-hydroxylation sites is 1. The highest BCUT2D eigenvalue weighted by atomic mass is 35.5. The Kier molecular flexibility index (Phi) is 6.54. The van der Waals surface area contributed by atoms with Crippen LogP contribution in [0.2, 0.25) is 5.02 Å². The van der Waals surface area contributed by atoms with E-state index in [2.05, 4.69) is 12.2 Å². The molecule has 0 saturated heterocycles. The van der Waals surface area contributed by atoms with Crippen molar-refractivity contribution in [3.8, 4) is 0 Å². The van der Waals surface area contributed by atoms with E-state index in [9.17, 15) is 4.79 Å². The summed E-state index contributed by atoms with van der Waals surface area (Å²) in [5, 5.41) is 12.2. The first-order valence-electron chi connectivity index (χ1n) is 6.10. The monoisotopic (exact) mass is 270 g/mol. The first-order chi connectivity index (χ1) is 8.69. The highest BCUT2D eigenvalue weighted by Gasteiger charge is 2.13. The number of aliphatic hydroxyl groups is 1. The van der Waals surface area contributed by atoms with Crippen LogP contribution >= 0.6 is 11.6 Å². The number of nitrogens with one attached hydrogen (secondary N) is 1. The van der Waals surface area contributed by atoms with E-state index in [1.165, 1.54) is 0 Å². The molecule has 2 N–H and O–H groups in total. The number of unbranched alkanes of at least 4 members (excludes halogenated alkanes) is 1. The van der Waals surface area contributed by atoms with Gasteiger partial charge in [0.2, 0.25) is 0 Å². The lowest BCUT2D eigenvalue weighted by Gasteiger charge is -2.22. The number of aliphatic hydroxyl groups excluding tert-OH is 1. The predicted molar refractivity (Wildman–Crippen MR) is 74.0 cm³/mol. The topological polar surface area (TPSA) is 52.6 Å². The van der Waals surface area contributed by atoms with Gasteiger partial charge in [0.15, 0.2) is 0 Å². The maximum atomic E-state index is 12.0. The second kappa shape index (κ2) is 7.95. The number of urea groups is 1. The predicted octanol–water partition coefficient (Wildman–Crippen LogP) is 2.97. The van der Waals surface area contributed by atoms with Crippen molar-refractivity contribution in [2.45, 2.75) is 19.8 Å². The Balaban J connectivity index is 2.63. The van der Waals surface area contributed by atoms with Crippen molar-refractivity contribution >= 4 is 23.3 Å². The Bertz CT molecular complexity index is 385. The maximum Gasteiger partial charge on any atom is 0.321 e. The van der Waals surface area contributed by atoms with Gasteiger partial charge in [-0.1, -0.05) is 37.1 Å². The second-order valence-electron chi connectivity index (χ2n) is 3.97. The fourth-order valence-corrected chi connectivity index (χ4v) is 1.72. The van der Waals surface area contributed by atoms with Crippen LogP contribution in [0.5, 0.6) is 0 Å². The summed E-state index contributed by atoms with van der Waals surface area (Å²) in [6.45, 7) is 2.98. The number of amides is 2. The summed E-state index contributed by atoms with van der Waals surface area (Å²) in [5.74, 6) is 0. The summed E-state index contributed by atoms with van der Waals surface area (Å²) in [6.07, 6.45) is 1.91. The molecular formula is C13H19ClN2O2. The number of nitrogens with zero attached hydrogens (tertiary/aromatic N) is 1. The van der Waals surface area contributed by atoms with Gasteiger partial charge in [-0.3, -0.25) is 0 Å². The van der Waals surface area contributed by atoms with Crippen LogP contribution in [-0.4, -0.2) is 35.7 Å². The minimum atomic E-state index is -0.231. The van der Waals surface area contributed by atoms with Crippen LogP contribution in [0.15, 0.2) is 24.3 Å². The van der Waals surface area contributed by atoms with Crippen molar-refractivity contribution in [3.05, 3.63) is 29.3 Å². The highest BCUT2D eigenvalue weighted by Crippen LogP contribution is 2.20. The third kappa shape index (κ3) is 4.55. The molecule has 0 fully saturated rings. The molecular weight excluding hydrogens is 252 g/mol. The molecule has 4 nitrogen and oxygen atoms in total. The van der Waals surface area contributed by atoms with E-state index < -0.39 is 0 Å². The number of carbonyl (C=O) groups is 1. The normalized spacial score (nSPS) is 10.2. The Morgan fingerprint density at radius 1 is 1.39 bits per heavy atom. The van der Waals surface area contributed by atoms with Crippen LogP contribution in [0.4, 0.5) is 10.5 Å². The molecule has 0 heterocycles. The molecule has 0 spiro atoms. The van der Waals surface area contributed by atoms with Gasteiger partial charge in [-0.15, -0.1) is 0 Å². The molecule has 1 aromatic carbocycles. The van der Waals surface area contributed by atoms with Gasteiger partial charge >= 0.3 is 6.03 Å². The summed E-state index contributed by atoms with van der Waals surface area (Å²) in [5.41, 5.74) is 0.587. The molecule has 0 aliphatic carbocycles. The zero-order valence-corrected chi connectivity index (χ0v) is 11.3. The molecule has 1 rings (SSSR count). The Morgan fingerprint density at radius 2 is 2.11 bits per heavy atom. The van der Waals surface area contributed by atoms with E-state index in [0.717, 1.165) is 12.8 Å². The second-order valence-corrected chi connectivity index (χ2v) is 4.38. The summed E-state index contributed by atoms with van der Waals surface area (Å²) < 4.78 is 0. The van der Waals surface area contributed by atoms with Crippen molar-refractivity contribution in [1.82, 2.24) is 4.90 Å². The quantitative estimate of drug-likeness (QED) is 0.835. The summed E-state index contributed by atoms with van der Waals surface area (Å²) in [7, 11) is 0. The molecule has 0 atom stereocenters. The van der Waals surface area contributed by atoms with Gasteiger partial charge in [0.25, 0.3) is 0 Å². The van der Waals surface area contributed by atoms with E-state index in [1.54, 1.807) is 23.1 Å². The zero-order valence-electron chi connectivity index (χ0n) is 10.5. The summed E-state index contributed by atoms with van der Waals surface area (Å²) in [4.78, 5) is 13.6. The lowest BCUT2D eigenvalue weighted by Crippen LogP contribution is -2.37. The SMILES string of the molecule is CCCCN(CCO)C(=O)Nc1ccccc1Cl. The molecule has 0 radical (unpaired) electrons. The molecule has 2 amide bonds. The van der Waals surface area contributed by atoms with Gasteiger partial charge in [-0.2, -0.15) is 0 Å². The summed E-state index contributed by atoms with van der Waals surface area (Å²) in [6, 6.07) is 6.85. The van der Waals surface area contributed by atoms with Crippen molar-refractivity contribution in [3.63, 3.8) is 0 Å². The van der Waals surface area contributed by atoms with Crippen molar-refractivity contribution in [1.29, 1.82) is 0 Å². The third-order valence-electron chi connectivity index (χ3n) is 2.55. The van der Waals surface area contributed by atoms with Gasteiger partial charge in [0, 0.05) is 13.1 Å². The van der Waals surface area contributed by atoms with Crippen LogP contribution in [0.25, 0.3) is 0 Å². The van der Waals surface area contributed by atoms with Crippen LogP contribution < -0.4 is 5.32 Å². The lowest BCUT2D eigenvalue weighted by atomic mass is 10.3. The molecule has 100 valence electrons. The number of rotatable bonds is 6. The number of hydrogen-bond acceptors (Lipinski definition) is 2. The molecule has 0 aliphatic rings. The van der Waals surface area contributed by atoms with Crippen molar-refractivity contribution < 1.29 is 9.90 Å². The molecule has 0 unspecified atom stereocenters. The van der Waals surface area contributed by atoms with Gasteiger partial charge in [-0.05, 0) is 18.6 Å². The molecule has 0 saturated carbocycles. The fourth-order valence-electron chi connectivity index (χ4n) is 1.54. The largest absolute Gasteiger partial charge is 0.395 e. The smallest absolute Gasteiger partial charge is 0.321 e. The van der Waals surface area contributed by atoms with Crippen LogP contribution in [0, 0.1) is 0 Å². The Hall–Kier alpha value is -1.26. The minimum Gasteiger partial charge on any atom is -0.395 e. The number of carbonyl (C=O) groups excluding carboxylic acids is 1. The van der Waals surface area contributed by atoms with E-state index in [4.69, 9.17) is 16.7 Å². The molecule has 1 aromatic rings. The van der Waals surface area contributed by atoms with Gasteiger partial charge < -0.3 is 15.3 Å². The van der Waals surface area contributed by atoms with E-state index in [-0.39, 0.29) is 12.6 Å². The Labute approximate surface area is 113 Å². The number of benzene rings is 1. The standard InChI is InChI=1S/C13H19ClN2O2/c1-2-3-8-16(9-10-17)13(18)15-12-7-5-4-6-11(12)14/h4-7,17H,2-3,8-10H2,1H3,(H,15,18). The highest BCUT2D eigenvalue weighted by molar-refractivity contribution is 6.33. The average molecular weight is 271 g/mol. The average Bonchev–Trinajstić information content (AvgIpc) is 2.37. The zero-order chi connectivity index (χ0) is 13.4. The first kappa shape index (κ1) is 14.8. The van der Waals surface area contributed by atoms with Gasteiger partial charge in [0.05, 0.1) is 17.3 Å². The first-order valence-corrected chi connectivity index (χ1v) is 6.48. The molecule has 0 bridgehead atoms. The summed E-state index contributed by atoms with van der Waals surface area (Å²) >= 11 is 5.97. The maximum absolute atomic E-state index is 12.0. The van der Waals surface area contributed by atoms with Crippen molar-refractivity contribution in [2.75, 3.05) is 25.0 Å². The molecule has 5 heteroatoms. The van der Waals surface area contributed by atoms with Gasteiger partial charge in [0.1, 0.15) is 0 Å². The Morgan fingerprint density at radius 3 is 2.72 bits per heavy atom. The number of halogens is 1. The van der Waals surface area contributed by atoms with Crippen LogP contribution in [0.3, 0.4) is 0 Å². The molecule has 0 aromatic heterocycles. The third-order valence-corrected chi connectivity index (χ3v) is 2.88. The van der Waals surface area contributed by atoms with E-state index >= 15 is 0 Å². The van der Waals surface area contributed by atoms with E-state index in [0.29, 0.717) is 23.8 Å². The van der Waals surface area contributed by atoms with Gasteiger partial charge in [-0.25, -0.2) is 4.79 Å². The molecule has 18 heavy (non-hydrogen) atoms. The molecule has 0 aliphatic heterocycles. The van der Waals surface area contributed by atoms with Crippen molar-refractivity contribution in [2.24, 2.45) is 0 Å². The van der Waals surface area contributed by atoms with Crippen LogP contribution in [0.1, 0.15) is 19.8 Å².